The zero-order chi connectivity index (χ0) is 14.0. The fourth-order valence-corrected chi connectivity index (χ4v) is 1.92. The van der Waals surface area contributed by atoms with Crippen molar-refractivity contribution in [1.29, 1.82) is 0 Å². The van der Waals surface area contributed by atoms with Gasteiger partial charge in [-0.1, -0.05) is 6.07 Å². The van der Waals surface area contributed by atoms with Gasteiger partial charge < -0.3 is 9.84 Å². The smallest absolute Gasteiger partial charge is 0.219 e. The van der Waals surface area contributed by atoms with Gasteiger partial charge >= 0.3 is 0 Å². The van der Waals surface area contributed by atoms with Crippen LogP contribution in [0.15, 0.2) is 30.5 Å². The highest BCUT2D eigenvalue weighted by molar-refractivity contribution is 5.43. The van der Waals surface area contributed by atoms with Crippen LogP contribution < -0.4 is 4.74 Å². The molecule has 0 amide bonds. The molecule has 1 N–H and O–H groups in total. The van der Waals surface area contributed by atoms with Gasteiger partial charge in [0.15, 0.2) is 0 Å². The van der Waals surface area contributed by atoms with E-state index in [2.05, 4.69) is 18.0 Å². The van der Waals surface area contributed by atoms with Gasteiger partial charge in [0.1, 0.15) is 5.75 Å². The van der Waals surface area contributed by atoms with Gasteiger partial charge in [-0.05, 0) is 62.1 Å². The van der Waals surface area contributed by atoms with E-state index in [1.54, 1.807) is 19.2 Å². The minimum absolute atomic E-state index is 0.510. The molecule has 0 aliphatic rings. The molecular weight excluding hydrogens is 238 g/mol. The van der Waals surface area contributed by atoms with Gasteiger partial charge in [0, 0.05) is 12.3 Å². The molecule has 19 heavy (non-hydrogen) atoms. The Morgan fingerprint density at radius 1 is 1.16 bits per heavy atom. The van der Waals surface area contributed by atoms with E-state index in [0.717, 1.165) is 16.9 Å². The van der Waals surface area contributed by atoms with Crippen LogP contribution in [0.1, 0.15) is 35.3 Å². The first kappa shape index (κ1) is 13.6. The Hall–Kier alpha value is -1.87. The Labute approximate surface area is 113 Å². The Morgan fingerprint density at radius 2 is 1.89 bits per heavy atom. The predicted octanol–water partition coefficient (Wildman–Crippen LogP) is 3.85. The lowest BCUT2D eigenvalue weighted by atomic mass is 10.1. The number of hydrogen-bond acceptors (Lipinski definition) is 3. The summed E-state index contributed by atoms with van der Waals surface area (Å²) in [5.74, 6) is 1.37. The van der Waals surface area contributed by atoms with Crippen LogP contribution in [0, 0.1) is 20.8 Å². The van der Waals surface area contributed by atoms with Crippen LogP contribution in [0.25, 0.3) is 0 Å². The van der Waals surface area contributed by atoms with Gasteiger partial charge in [-0.15, -0.1) is 0 Å². The van der Waals surface area contributed by atoms with Crippen LogP contribution in [0.3, 0.4) is 0 Å². The summed E-state index contributed by atoms with van der Waals surface area (Å²) in [7, 11) is 0. The second-order valence-corrected chi connectivity index (χ2v) is 4.91. The zero-order valence-corrected chi connectivity index (χ0v) is 11.8. The van der Waals surface area contributed by atoms with Crippen LogP contribution in [0.2, 0.25) is 0 Å². The Balaban J connectivity index is 2.26. The van der Waals surface area contributed by atoms with E-state index < -0.39 is 6.10 Å². The highest BCUT2D eigenvalue weighted by atomic mass is 16.5. The third kappa shape index (κ3) is 3.12. The van der Waals surface area contributed by atoms with Crippen molar-refractivity contribution in [1.82, 2.24) is 4.98 Å². The molecular formula is C16H19NO2. The average molecular weight is 257 g/mol. The molecule has 0 aliphatic heterocycles. The van der Waals surface area contributed by atoms with Crippen LogP contribution in [0.4, 0.5) is 0 Å². The Bertz CT molecular complexity index is 574. The van der Waals surface area contributed by atoms with Crippen LogP contribution >= 0.6 is 0 Å². The van der Waals surface area contributed by atoms with Gasteiger partial charge in [-0.25, -0.2) is 4.98 Å². The molecule has 0 fully saturated rings. The van der Waals surface area contributed by atoms with E-state index in [9.17, 15) is 5.11 Å². The highest BCUT2D eigenvalue weighted by Gasteiger charge is 2.07. The summed E-state index contributed by atoms with van der Waals surface area (Å²) in [6.45, 7) is 7.86. The number of nitrogens with zero attached hydrogens (tertiary/aromatic N) is 1. The van der Waals surface area contributed by atoms with Crippen molar-refractivity contribution in [2.45, 2.75) is 33.8 Å². The molecule has 0 bridgehead atoms. The Kier molecular flexibility index (Phi) is 3.86. The number of ether oxygens (including phenoxy) is 1. The number of hydrogen-bond donors (Lipinski definition) is 1. The highest BCUT2D eigenvalue weighted by Crippen LogP contribution is 2.27. The molecule has 100 valence electrons. The maximum Gasteiger partial charge on any atom is 0.219 e. The van der Waals surface area contributed by atoms with Crippen molar-refractivity contribution in [2.24, 2.45) is 0 Å². The maximum atomic E-state index is 9.44. The van der Waals surface area contributed by atoms with Crippen molar-refractivity contribution in [2.75, 3.05) is 0 Å². The van der Waals surface area contributed by atoms with E-state index in [-0.39, 0.29) is 0 Å². The molecule has 0 unspecified atom stereocenters. The number of aliphatic hydroxyl groups is 1. The molecule has 3 nitrogen and oxygen atoms in total. The molecule has 1 atom stereocenters. The van der Waals surface area contributed by atoms with Gasteiger partial charge in [0.25, 0.3) is 0 Å². The zero-order valence-electron chi connectivity index (χ0n) is 11.8. The van der Waals surface area contributed by atoms with Crippen molar-refractivity contribution >= 4 is 0 Å². The lowest BCUT2D eigenvalue weighted by Gasteiger charge is -2.12. The van der Waals surface area contributed by atoms with Gasteiger partial charge in [-0.2, -0.15) is 0 Å². The van der Waals surface area contributed by atoms with Crippen LogP contribution in [-0.4, -0.2) is 10.1 Å². The quantitative estimate of drug-likeness (QED) is 0.908. The summed E-state index contributed by atoms with van der Waals surface area (Å²) in [6, 6.07) is 7.74. The van der Waals surface area contributed by atoms with Gasteiger partial charge in [-0.3, -0.25) is 0 Å². The summed E-state index contributed by atoms with van der Waals surface area (Å²) < 4.78 is 5.81. The third-order valence-corrected chi connectivity index (χ3v) is 3.22. The first-order valence-corrected chi connectivity index (χ1v) is 6.37. The number of aryl methyl sites for hydroxylation is 2. The monoisotopic (exact) mass is 257 g/mol. The molecule has 0 radical (unpaired) electrons. The minimum atomic E-state index is -0.510. The molecule has 0 saturated heterocycles. The molecule has 0 spiro atoms. The van der Waals surface area contributed by atoms with E-state index >= 15 is 0 Å². The fourth-order valence-electron chi connectivity index (χ4n) is 1.92. The first-order valence-electron chi connectivity index (χ1n) is 6.37. The van der Waals surface area contributed by atoms with E-state index in [1.165, 1.54) is 11.1 Å². The lowest BCUT2D eigenvalue weighted by molar-refractivity contribution is 0.198. The standard InChI is InChI=1S/C16H19NO2/c1-10-7-11(2)12(3)15(8-10)19-16-6-5-14(9-17-16)13(4)18/h5-9,13,18H,1-4H3/t13-/m1/s1. The SMILES string of the molecule is Cc1cc(C)c(C)c(Oc2ccc([C@@H](C)O)cn2)c1. The molecule has 1 heterocycles. The number of rotatable bonds is 3. The van der Waals surface area contributed by atoms with Crippen LogP contribution in [-0.2, 0) is 0 Å². The molecule has 1 aromatic carbocycles. The number of pyridine rings is 1. The summed E-state index contributed by atoms with van der Waals surface area (Å²) >= 11 is 0. The Morgan fingerprint density at radius 3 is 2.47 bits per heavy atom. The second kappa shape index (κ2) is 5.41. The minimum Gasteiger partial charge on any atom is -0.439 e. The van der Waals surface area contributed by atoms with Gasteiger partial charge in [0.2, 0.25) is 5.88 Å². The predicted molar refractivity (Wildman–Crippen MR) is 75.6 cm³/mol. The number of benzene rings is 1. The average Bonchev–Trinajstić information content (AvgIpc) is 2.36. The molecule has 2 rings (SSSR count). The maximum absolute atomic E-state index is 9.44. The number of aliphatic hydroxyl groups excluding tert-OH is 1. The number of aromatic nitrogens is 1. The summed E-state index contributed by atoms with van der Waals surface area (Å²) in [5.41, 5.74) is 4.27. The normalized spacial score (nSPS) is 12.3. The van der Waals surface area contributed by atoms with Crippen LogP contribution in [0.5, 0.6) is 11.6 Å². The van der Waals surface area contributed by atoms with Crippen molar-refractivity contribution in [3.8, 4) is 11.6 Å². The molecule has 0 aliphatic carbocycles. The van der Waals surface area contributed by atoms with E-state index in [0.29, 0.717) is 5.88 Å². The fraction of sp³-hybridized carbons (Fsp3) is 0.312. The van der Waals surface area contributed by atoms with Gasteiger partial charge in [0.05, 0.1) is 6.10 Å². The second-order valence-electron chi connectivity index (χ2n) is 4.91. The molecule has 2 aromatic rings. The largest absolute Gasteiger partial charge is 0.439 e. The topological polar surface area (TPSA) is 42.4 Å². The van der Waals surface area contributed by atoms with Crippen molar-refractivity contribution < 1.29 is 9.84 Å². The van der Waals surface area contributed by atoms with Crippen molar-refractivity contribution in [3.63, 3.8) is 0 Å². The summed E-state index contributed by atoms with van der Waals surface area (Å²) in [5, 5.41) is 9.44. The summed E-state index contributed by atoms with van der Waals surface area (Å²) in [6.07, 6.45) is 1.13. The van der Waals surface area contributed by atoms with E-state index in [4.69, 9.17) is 4.74 Å². The summed E-state index contributed by atoms with van der Waals surface area (Å²) in [4.78, 5) is 4.21. The molecule has 0 saturated carbocycles. The lowest BCUT2D eigenvalue weighted by Crippen LogP contribution is -1.96. The van der Waals surface area contributed by atoms with E-state index in [1.807, 2.05) is 26.0 Å². The molecule has 3 heteroatoms. The van der Waals surface area contributed by atoms with Crippen molar-refractivity contribution in [3.05, 3.63) is 52.7 Å². The third-order valence-electron chi connectivity index (χ3n) is 3.22. The first-order chi connectivity index (χ1) is 8.97. The molecule has 1 aromatic heterocycles.